The van der Waals surface area contributed by atoms with Gasteiger partial charge in [-0.2, -0.15) is 5.10 Å². The molecule has 1 aliphatic rings. The quantitative estimate of drug-likeness (QED) is 0.771. The second-order valence-electron chi connectivity index (χ2n) is 6.93. The lowest BCUT2D eigenvalue weighted by molar-refractivity contribution is 0.0952. The molecule has 0 radical (unpaired) electrons. The van der Waals surface area contributed by atoms with Gasteiger partial charge in [0, 0.05) is 24.0 Å². The van der Waals surface area contributed by atoms with Crippen LogP contribution in [0.4, 0.5) is 0 Å². The number of amides is 1. The molecule has 0 fully saturated rings. The number of aromatic nitrogens is 3. The van der Waals surface area contributed by atoms with Crippen LogP contribution in [0.2, 0.25) is 0 Å². The number of hydrogen-bond donors (Lipinski definition) is 1. The largest absolute Gasteiger partial charge is 0.496 e. The van der Waals surface area contributed by atoms with E-state index in [1.54, 1.807) is 13.3 Å². The number of ether oxygens (including phenoxy) is 1. The van der Waals surface area contributed by atoms with Crippen molar-refractivity contribution in [1.29, 1.82) is 0 Å². The fourth-order valence-corrected chi connectivity index (χ4v) is 3.73. The molecule has 0 atom stereocenters. The highest BCUT2D eigenvalue weighted by Crippen LogP contribution is 2.22. The third kappa shape index (κ3) is 3.52. The Morgan fingerprint density at radius 1 is 1.15 bits per heavy atom. The maximum absolute atomic E-state index is 12.7. The standard InChI is InChI=1S/C21H24N4O2/c1-27-19-11-7-6-9-16(19)13-23-21(26)17-14-24-25-18-10-5-3-2-4-8-15(18)12-22-20(17)25/h6-7,9,11-12,14H,2-5,8,10,13H2,1H3,(H,23,26). The van der Waals surface area contributed by atoms with Crippen LogP contribution in [0.15, 0.2) is 36.7 Å². The highest BCUT2D eigenvalue weighted by Gasteiger charge is 2.18. The molecule has 1 aliphatic carbocycles. The van der Waals surface area contributed by atoms with Gasteiger partial charge in [-0.3, -0.25) is 4.79 Å². The summed E-state index contributed by atoms with van der Waals surface area (Å²) in [5.74, 6) is 0.589. The Kier molecular flexibility index (Phi) is 5.05. The molecule has 0 unspecified atom stereocenters. The number of para-hydroxylation sites is 1. The molecule has 0 bridgehead atoms. The zero-order chi connectivity index (χ0) is 18.6. The third-order valence-corrected chi connectivity index (χ3v) is 5.20. The van der Waals surface area contributed by atoms with E-state index in [0.717, 1.165) is 30.6 Å². The third-order valence-electron chi connectivity index (χ3n) is 5.20. The molecule has 6 heteroatoms. The highest BCUT2D eigenvalue weighted by atomic mass is 16.5. The molecule has 6 nitrogen and oxygen atoms in total. The van der Waals surface area contributed by atoms with Crippen molar-refractivity contribution < 1.29 is 9.53 Å². The van der Waals surface area contributed by atoms with E-state index in [-0.39, 0.29) is 5.91 Å². The van der Waals surface area contributed by atoms with E-state index in [0.29, 0.717) is 17.8 Å². The summed E-state index contributed by atoms with van der Waals surface area (Å²) < 4.78 is 7.20. The van der Waals surface area contributed by atoms with E-state index < -0.39 is 0 Å². The number of aryl methyl sites for hydroxylation is 2. The molecule has 27 heavy (non-hydrogen) atoms. The van der Waals surface area contributed by atoms with Crippen LogP contribution in [0.5, 0.6) is 5.75 Å². The van der Waals surface area contributed by atoms with Crippen LogP contribution in [-0.4, -0.2) is 27.6 Å². The zero-order valence-electron chi connectivity index (χ0n) is 15.6. The Balaban J connectivity index is 1.58. The first kappa shape index (κ1) is 17.5. The van der Waals surface area contributed by atoms with Crippen LogP contribution in [0.3, 0.4) is 0 Å². The lowest BCUT2D eigenvalue weighted by atomic mass is 9.98. The van der Waals surface area contributed by atoms with Crippen molar-refractivity contribution >= 4 is 11.6 Å². The van der Waals surface area contributed by atoms with E-state index in [2.05, 4.69) is 15.4 Å². The number of nitrogens with zero attached hydrogens (tertiary/aromatic N) is 3. The fourth-order valence-electron chi connectivity index (χ4n) is 3.73. The molecule has 1 amide bonds. The first-order valence-electron chi connectivity index (χ1n) is 9.52. The molecule has 4 rings (SSSR count). The van der Waals surface area contributed by atoms with E-state index in [4.69, 9.17) is 4.74 Å². The molecule has 0 saturated heterocycles. The van der Waals surface area contributed by atoms with Crippen LogP contribution in [0, 0.1) is 0 Å². The van der Waals surface area contributed by atoms with Crippen LogP contribution < -0.4 is 10.1 Å². The van der Waals surface area contributed by atoms with Gasteiger partial charge in [-0.1, -0.05) is 31.0 Å². The molecule has 3 aromatic rings. The zero-order valence-corrected chi connectivity index (χ0v) is 15.6. The molecule has 0 saturated carbocycles. The van der Waals surface area contributed by atoms with Crippen molar-refractivity contribution in [3.05, 3.63) is 59.0 Å². The lowest BCUT2D eigenvalue weighted by Gasteiger charge is -2.14. The molecule has 0 spiro atoms. The van der Waals surface area contributed by atoms with E-state index in [9.17, 15) is 4.79 Å². The van der Waals surface area contributed by atoms with E-state index >= 15 is 0 Å². The summed E-state index contributed by atoms with van der Waals surface area (Å²) in [6.45, 7) is 0.394. The Bertz CT molecular complexity index is 964. The maximum atomic E-state index is 12.7. The van der Waals surface area contributed by atoms with Crippen LogP contribution in [0.25, 0.3) is 5.65 Å². The van der Waals surface area contributed by atoms with Gasteiger partial charge in [0.15, 0.2) is 5.65 Å². The number of hydrogen-bond acceptors (Lipinski definition) is 4. The summed E-state index contributed by atoms with van der Waals surface area (Å²) in [7, 11) is 1.63. The monoisotopic (exact) mass is 364 g/mol. The van der Waals surface area contributed by atoms with Crippen molar-refractivity contribution in [3.63, 3.8) is 0 Å². The molecule has 0 aliphatic heterocycles. The predicted octanol–water partition coefficient (Wildman–Crippen LogP) is 3.33. The van der Waals surface area contributed by atoms with Gasteiger partial charge in [0.2, 0.25) is 0 Å². The van der Waals surface area contributed by atoms with E-state index in [1.165, 1.54) is 30.5 Å². The minimum Gasteiger partial charge on any atom is -0.496 e. The molecule has 140 valence electrons. The Hall–Kier alpha value is -2.89. The van der Waals surface area contributed by atoms with Crippen molar-refractivity contribution in [3.8, 4) is 5.75 Å². The Labute approximate surface area is 158 Å². The SMILES string of the molecule is COc1ccccc1CNC(=O)c1cnn2c3c(cnc12)CCCCCC3. The predicted molar refractivity (Wildman–Crippen MR) is 103 cm³/mol. The van der Waals surface area contributed by atoms with Crippen LogP contribution in [-0.2, 0) is 19.4 Å². The average Bonchev–Trinajstić information content (AvgIpc) is 3.10. The average molecular weight is 364 g/mol. The number of methoxy groups -OCH3 is 1. The topological polar surface area (TPSA) is 68.5 Å². The Morgan fingerprint density at radius 2 is 1.96 bits per heavy atom. The molecule has 2 heterocycles. The van der Waals surface area contributed by atoms with Gasteiger partial charge in [-0.25, -0.2) is 9.50 Å². The molecular weight excluding hydrogens is 340 g/mol. The van der Waals surface area contributed by atoms with Gasteiger partial charge in [-0.05, 0) is 37.3 Å². The van der Waals surface area contributed by atoms with Crippen molar-refractivity contribution in [2.24, 2.45) is 0 Å². The first-order chi connectivity index (χ1) is 13.3. The summed E-state index contributed by atoms with van der Waals surface area (Å²) in [5.41, 5.74) is 4.53. The number of carbonyl (C=O) groups is 1. The molecular formula is C21H24N4O2. The summed E-state index contributed by atoms with van der Waals surface area (Å²) in [4.78, 5) is 17.3. The maximum Gasteiger partial charge on any atom is 0.257 e. The van der Waals surface area contributed by atoms with E-state index in [1.807, 2.05) is 35.0 Å². The van der Waals surface area contributed by atoms with Crippen LogP contribution in [0.1, 0.15) is 52.9 Å². The highest BCUT2D eigenvalue weighted by molar-refractivity contribution is 5.99. The normalized spacial score (nSPS) is 14.3. The van der Waals surface area contributed by atoms with Crippen molar-refractivity contribution in [1.82, 2.24) is 19.9 Å². The first-order valence-corrected chi connectivity index (χ1v) is 9.52. The van der Waals surface area contributed by atoms with Gasteiger partial charge in [0.1, 0.15) is 11.3 Å². The van der Waals surface area contributed by atoms with Crippen molar-refractivity contribution in [2.45, 2.75) is 45.1 Å². The lowest BCUT2D eigenvalue weighted by Crippen LogP contribution is -2.23. The number of benzene rings is 1. The molecule has 2 aromatic heterocycles. The minimum atomic E-state index is -0.172. The molecule has 1 aromatic carbocycles. The summed E-state index contributed by atoms with van der Waals surface area (Å²) in [5, 5.41) is 7.44. The second-order valence-corrected chi connectivity index (χ2v) is 6.93. The van der Waals surface area contributed by atoms with Gasteiger partial charge >= 0.3 is 0 Å². The fraction of sp³-hybridized carbons (Fsp3) is 0.381. The summed E-state index contributed by atoms with van der Waals surface area (Å²) in [6, 6.07) is 7.67. The second kappa shape index (κ2) is 7.78. The smallest absolute Gasteiger partial charge is 0.257 e. The number of nitrogens with one attached hydrogen (secondary N) is 1. The molecule has 1 N–H and O–H groups in total. The van der Waals surface area contributed by atoms with Gasteiger partial charge in [-0.15, -0.1) is 0 Å². The van der Waals surface area contributed by atoms with Gasteiger partial charge < -0.3 is 10.1 Å². The van der Waals surface area contributed by atoms with Crippen LogP contribution >= 0.6 is 0 Å². The number of carbonyl (C=O) groups excluding carboxylic acids is 1. The number of fused-ring (bicyclic) bond motifs is 3. The van der Waals surface area contributed by atoms with Gasteiger partial charge in [0.05, 0.1) is 13.3 Å². The van der Waals surface area contributed by atoms with Gasteiger partial charge in [0.25, 0.3) is 5.91 Å². The summed E-state index contributed by atoms with van der Waals surface area (Å²) >= 11 is 0. The summed E-state index contributed by atoms with van der Waals surface area (Å²) in [6.07, 6.45) is 10.4. The van der Waals surface area contributed by atoms with Crippen molar-refractivity contribution in [2.75, 3.05) is 7.11 Å². The Morgan fingerprint density at radius 3 is 2.81 bits per heavy atom. The minimum absolute atomic E-state index is 0.172. The number of rotatable bonds is 4.